The molecule has 5 nitrogen and oxygen atoms in total. The summed E-state index contributed by atoms with van der Waals surface area (Å²) in [6.07, 6.45) is 2.06. The van der Waals surface area contributed by atoms with E-state index in [2.05, 4.69) is 43.0 Å². The summed E-state index contributed by atoms with van der Waals surface area (Å²) in [4.78, 5) is 21.3. The minimum absolute atomic E-state index is 0.00683. The van der Waals surface area contributed by atoms with Crippen molar-refractivity contribution in [2.45, 2.75) is 39.5 Å². The molecular weight excluding hydrogens is 358 g/mol. The summed E-state index contributed by atoms with van der Waals surface area (Å²) in [5.41, 5.74) is 2.02. The third-order valence-electron chi connectivity index (χ3n) is 5.04. The predicted octanol–water partition coefficient (Wildman–Crippen LogP) is 3.66. The topological polar surface area (TPSA) is 46.8 Å². The number of morpholine rings is 1. The second kappa shape index (κ2) is 7.54. The molecule has 0 unspecified atom stereocenters. The molecule has 0 bridgehead atoms. The van der Waals surface area contributed by atoms with Crippen LogP contribution in [-0.4, -0.2) is 33.5 Å². The Bertz CT molecular complexity index is 980. The lowest BCUT2D eigenvalue weighted by atomic mass is 10.0. The minimum Gasteiger partial charge on any atom is -0.367 e. The van der Waals surface area contributed by atoms with E-state index in [0.717, 1.165) is 28.6 Å². The predicted molar refractivity (Wildman–Crippen MR) is 108 cm³/mol. The van der Waals surface area contributed by atoms with Gasteiger partial charge in [0.05, 0.1) is 17.9 Å². The molecule has 0 amide bonds. The van der Waals surface area contributed by atoms with Crippen LogP contribution in [0.25, 0.3) is 4.96 Å². The lowest BCUT2D eigenvalue weighted by Gasteiger charge is -2.39. The number of ether oxygens (including phenoxy) is 1. The van der Waals surface area contributed by atoms with Crippen LogP contribution in [0.2, 0.25) is 0 Å². The number of aromatic nitrogens is 2. The van der Waals surface area contributed by atoms with Gasteiger partial charge in [-0.05, 0) is 18.4 Å². The van der Waals surface area contributed by atoms with Crippen LogP contribution in [0.4, 0.5) is 0 Å². The Morgan fingerprint density at radius 1 is 1.26 bits per heavy atom. The summed E-state index contributed by atoms with van der Waals surface area (Å²) in [5, 5.41) is 0. The summed E-state index contributed by atoms with van der Waals surface area (Å²) in [6, 6.07) is 12.0. The Morgan fingerprint density at radius 3 is 2.78 bits per heavy atom. The second-order valence-corrected chi connectivity index (χ2v) is 8.81. The van der Waals surface area contributed by atoms with Crippen molar-refractivity contribution in [3.63, 3.8) is 0 Å². The van der Waals surface area contributed by atoms with Crippen molar-refractivity contribution in [2.24, 2.45) is 5.92 Å². The van der Waals surface area contributed by atoms with Gasteiger partial charge in [-0.25, -0.2) is 4.98 Å². The zero-order valence-electron chi connectivity index (χ0n) is 16.0. The Hall–Kier alpha value is -2.02. The highest BCUT2D eigenvalue weighted by Gasteiger charge is 2.30. The van der Waals surface area contributed by atoms with E-state index in [9.17, 15) is 4.79 Å². The molecule has 142 valence electrons. The minimum atomic E-state index is -0.00683. The standard InChI is InChI=1S/C21H25N3O2S/c1-14(2)18-12-23(13-19(26-18)16-7-5-4-6-8-16)11-17-9-20(25)24-10-15(3)27-21(24)22-17/h4-10,14,18-19H,11-13H2,1-3H3/t18-,19+/m1/s1. The number of nitrogens with zero attached hydrogens (tertiary/aromatic N) is 3. The lowest BCUT2D eigenvalue weighted by Crippen LogP contribution is -2.45. The van der Waals surface area contributed by atoms with Crippen molar-refractivity contribution in [2.75, 3.05) is 13.1 Å². The monoisotopic (exact) mass is 383 g/mol. The van der Waals surface area contributed by atoms with Crippen molar-refractivity contribution < 1.29 is 4.74 Å². The van der Waals surface area contributed by atoms with Crippen molar-refractivity contribution >= 4 is 16.3 Å². The van der Waals surface area contributed by atoms with E-state index in [1.54, 1.807) is 21.8 Å². The van der Waals surface area contributed by atoms with Gasteiger partial charge < -0.3 is 4.74 Å². The number of thiazole rings is 1. The van der Waals surface area contributed by atoms with Crippen LogP contribution >= 0.6 is 11.3 Å². The van der Waals surface area contributed by atoms with Gasteiger partial charge in [-0.15, -0.1) is 11.3 Å². The first-order valence-electron chi connectivity index (χ1n) is 9.41. The third-order valence-corrected chi connectivity index (χ3v) is 5.94. The number of hydrogen-bond donors (Lipinski definition) is 0. The molecule has 2 atom stereocenters. The Labute approximate surface area is 163 Å². The van der Waals surface area contributed by atoms with Crippen molar-refractivity contribution in [1.29, 1.82) is 0 Å². The van der Waals surface area contributed by atoms with E-state index >= 15 is 0 Å². The molecule has 27 heavy (non-hydrogen) atoms. The number of aryl methyl sites for hydroxylation is 1. The van der Waals surface area contributed by atoms with Gasteiger partial charge in [0.15, 0.2) is 4.96 Å². The summed E-state index contributed by atoms with van der Waals surface area (Å²) in [5.74, 6) is 0.431. The second-order valence-electron chi connectivity index (χ2n) is 7.59. The Balaban J connectivity index is 1.59. The molecule has 0 aliphatic carbocycles. The van der Waals surface area contributed by atoms with Crippen LogP contribution in [-0.2, 0) is 11.3 Å². The fourth-order valence-corrected chi connectivity index (χ4v) is 4.43. The molecule has 4 rings (SSSR count). The lowest BCUT2D eigenvalue weighted by molar-refractivity contribution is -0.108. The average Bonchev–Trinajstić information content (AvgIpc) is 3.03. The molecule has 0 spiro atoms. The third kappa shape index (κ3) is 3.98. The summed E-state index contributed by atoms with van der Waals surface area (Å²) in [6.45, 7) is 8.71. The molecule has 1 fully saturated rings. The fourth-order valence-electron chi connectivity index (χ4n) is 3.58. The summed E-state index contributed by atoms with van der Waals surface area (Å²) >= 11 is 1.55. The Morgan fingerprint density at radius 2 is 2.04 bits per heavy atom. The van der Waals surface area contributed by atoms with Crippen LogP contribution in [0.5, 0.6) is 0 Å². The van der Waals surface area contributed by atoms with Crippen LogP contribution in [0.15, 0.2) is 47.4 Å². The van der Waals surface area contributed by atoms with Crippen molar-refractivity contribution in [3.8, 4) is 0 Å². The van der Waals surface area contributed by atoms with Gasteiger partial charge in [0, 0.05) is 36.8 Å². The molecule has 1 aliphatic heterocycles. The largest absolute Gasteiger partial charge is 0.367 e. The first kappa shape index (κ1) is 18.3. The van der Waals surface area contributed by atoms with Gasteiger partial charge in [-0.1, -0.05) is 44.2 Å². The highest BCUT2D eigenvalue weighted by molar-refractivity contribution is 7.16. The van der Waals surface area contributed by atoms with E-state index in [0.29, 0.717) is 12.5 Å². The van der Waals surface area contributed by atoms with Gasteiger partial charge in [0.1, 0.15) is 0 Å². The van der Waals surface area contributed by atoms with E-state index in [1.165, 1.54) is 5.56 Å². The van der Waals surface area contributed by atoms with Gasteiger partial charge in [0.25, 0.3) is 5.56 Å². The highest BCUT2D eigenvalue weighted by atomic mass is 32.1. The Kier molecular flexibility index (Phi) is 5.12. The van der Waals surface area contributed by atoms with Gasteiger partial charge in [0.2, 0.25) is 0 Å². The average molecular weight is 384 g/mol. The molecule has 1 aromatic carbocycles. The maximum absolute atomic E-state index is 12.4. The molecule has 2 aromatic heterocycles. The van der Waals surface area contributed by atoms with Crippen LogP contribution in [0.3, 0.4) is 0 Å². The number of hydrogen-bond acceptors (Lipinski definition) is 5. The normalized spacial score (nSPS) is 21.2. The first-order valence-corrected chi connectivity index (χ1v) is 10.2. The summed E-state index contributed by atoms with van der Waals surface area (Å²) in [7, 11) is 0. The van der Waals surface area contributed by atoms with E-state index in [1.807, 2.05) is 19.2 Å². The molecule has 0 N–H and O–H groups in total. The fraction of sp³-hybridized carbons (Fsp3) is 0.429. The smallest absolute Gasteiger partial charge is 0.258 e. The molecule has 3 aromatic rings. The molecule has 0 saturated carbocycles. The zero-order chi connectivity index (χ0) is 19.0. The van der Waals surface area contributed by atoms with E-state index < -0.39 is 0 Å². The van der Waals surface area contributed by atoms with E-state index in [-0.39, 0.29) is 17.8 Å². The SMILES string of the molecule is Cc1cn2c(=O)cc(CN3C[C@@H](c4ccccc4)O[C@@H](C(C)C)C3)nc2s1. The molecular formula is C21H25N3O2S. The highest BCUT2D eigenvalue weighted by Crippen LogP contribution is 2.28. The number of rotatable bonds is 4. The maximum Gasteiger partial charge on any atom is 0.258 e. The van der Waals surface area contributed by atoms with E-state index in [4.69, 9.17) is 9.72 Å². The van der Waals surface area contributed by atoms with Crippen molar-refractivity contribution in [3.05, 3.63) is 69.1 Å². The number of fused-ring (bicyclic) bond motifs is 1. The van der Waals surface area contributed by atoms with Crippen molar-refractivity contribution in [1.82, 2.24) is 14.3 Å². The molecule has 1 aliphatic rings. The quantitative estimate of drug-likeness (QED) is 0.690. The molecule has 0 radical (unpaired) electrons. The maximum atomic E-state index is 12.4. The number of benzene rings is 1. The summed E-state index contributed by atoms with van der Waals surface area (Å²) < 4.78 is 8.00. The van der Waals surface area contributed by atoms with Crippen LogP contribution in [0.1, 0.15) is 36.1 Å². The van der Waals surface area contributed by atoms with Crippen LogP contribution < -0.4 is 5.56 Å². The molecule has 1 saturated heterocycles. The van der Waals surface area contributed by atoms with Gasteiger partial charge in [-0.2, -0.15) is 0 Å². The first-order chi connectivity index (χ1) is 13.0. The van der Waals surface area contributed by atoms with Gasteiger partial charge in [-0.3, -0.25) is 14.1 Å². The van der Waals surface area contributed by atoms with Gasteiger partial charge >= 0.3 is 0 Å². The molecule has 6 heteroatoms. The molecule has 3 heterocycles. The van der Waals surface area contributed by atoms with Crippen LogP contribution in [0, 0.1) is 12.8 Å². The zero-order valence-corrected chi connectivity index (χ0v) is 16.8.